The lowest BCUT2D eigenvalue weighted by Gasteiger charge is -2.03. The lowest BCUT2D eigenvalue weighted by Crippen LogP contribution is -2.31. The first-order valence-corrected chi connectivity index (χ1v) is 6.50. The van der Waals surface area contributed by atoms with E-state index >= 15 is 0 Å². The molecule has 0 saturated heterocycles. The third-order valence-electron chi connectivity index (χ3n) is 2.63. The quantitative estimate of drug-likeness (QED) is 0.617. The number of rotatable bonds is 2. The van der Waals surface area contributed by atoms with Gasteiger partial charge in [0.1, 0.15) is 18.1 Å². The first kappa shape index (κ1) is 15.8. The molecule has 2 aromatic rings. The van der Waals surface area contributed by atoms with Crippen molar-refractivity contribution in [3.8, 4) is 0 Å². The van der Waals surface area contributed by atoms with E-state index in [1.54, 1.807) is 12.3 Å². The molecule has 0 saturated carbocycles. The molecule has 0 aliphatic carbocycles. The highest BCUT2D eigenvalue weighted by Gasteiger charge is 2.02. The highest BCUT2D eigenvalue weighted by molar-refractivity contribution is 5.04. The third-order valence-corrected chi connectivity index (χ3v) is 2.63. The summed E-state index contributed by atoms with van der Waals surface area (Å²) in [7, 11) is 0. The Kier molecular flexibility index (Phi) is 5.83. The number of aromatic nitrogens is 4. The van der Waals surface area contributed by atoms with Gasteiger partial charge in [-0.25, -0.2) is 4.73 Å². The van der Waals surface area contributed by atoms with Crippen LogP contribution in [0.1, 0.15) is 50.8 Å². The Hall–Kier alpha value is -2.24. The molecule has 0 fully saturated rings. The molecular weight excluding hydrogens is 256 g/mol. The predicted molar refractivity (Wildman–Crippen MR) is 74.6 cm³/mol. The second-order valence-corrected chi connectivity index (χ2v) is 5.03. The molecule has 0 aromatic carbocycles. The van der Waals surface area contributed by atoms with Gasteiger partial charge in [-0.15, -0.1) is 0 Å². The summed E-state index contributed by atoms with van der Waals surface area (Å²) in [5.74, 6) is 0.690. The third kappa shape index (κ3) is 5.17. The Bertz CT molecular complexity index is 495. The molecule has 0 aliphatic heterocycles. The minimum atomic E-state index is 0.321. The van der Waals surface area contributed by atoms with Gasteiger partial charge < -0.3 is 10.4 Å². The van der Waals surface area contributed by atoms with E-state index < -0.39 is 0 Å². The van der Waals surface area contributed by atoms with Crippen LogP contribution in [-0.2, 0) is 0 Å². The van der Waals surface area contributed by atoms with Gasteiger partial charge in [0.05, 0.1) is 0 Å². The standard InChI is InChI=1S/2C7H10N2O/c1-6(2)7-3-8-5-9(10)4-7;1-6(2)7-4-3-5-9(10)8-7/h2*3-6H,1-2H3. The van der Waals surface area contributed by atoms with E-state index in [0.29, 0.717) is 16.7 Å². The van der Waals surface area contributed by atoms with E-state index in [0.717, 1.165) is 16.0 Å². The minimum absolute atomic E-state index is 0.321. The normalized spacial score (nSPS) is 10.3. The van der Waals surface area contributed by atoms with E-state index in [1.807, 2.05) is 33.8 Å². The highest BCUT2D eigenvalue weighted by atomic mass is 16.5. The smallest absolute Gasteiger partial charge is 0.289 e. The Morgan fingerprint density at radius 1 is 1.10 bits per heavy atom. The minimum Gasteiger partial charge on any atom is -0.711 e. The van der Waals surface area contributed by atoms with Gasteiger partial charge >= 0.3 is 0 Å². The summed E-state index contributed by atoms with van der Waals surface area (Å²) < 4.78 is 0.718. The van der Waals surface area contributed by atoms with Crippen molar-refractivity contribution in [3.05, 3.63) is 58.7 Å². The van der Waals surface area contributed by atoms with E-state index in [1.165, 1.54) is 18.7 Å². The average Bonchev–Trinajstić information content (AvgIpc) is 2.39. The van der Waals surface area contributed by atoms with Crippen LogP contribution >= 0.6 is 0 Å². The van der Waals surface area contributed by atoms with Crippen molar-refractivity contribution in [1.29, 1.82) is 0 Å². The van der Waals surface area contributed by atoms with E-state index in [2.05, 4.69) is 10.1 Å². The second kappa shape index (κ2) is 7.37. The highest BCUT2D eigenvalue weighted by Crippen LogP contribution is 2.08. The molecule has 2 heterocycles. The van der Waals surface area contributed by atoms with Gasteiger partial charge in [-0.2, -0.15) is 0 Å². The first-order valence-electron chi connectivity index (χ1n) is 6.50. The largest absolute Gasteiger partial charge is 0.711 e. The molecule has 0 bridgehead atoms. The van der Waals surface area contributed by atoms with Gasteiger partial charge in [-0.3, -0.25) is 0 Å². The van der Waals surface area contributed by atoms with Crippen LogP contribution in [0.5, 0.6) is 0 Å². The van der Waals surface area contributed by atoms with Crippen molar-refractivity contribution in [3.63, 3.8) is 0 Å². The summed E-state index contributed by atoms with van der Waals surface area (Å²) in [4.78, 5) is 4.33. The van der Waals surface area contributed by atoms with Crippen molar-refractivity contribution >= 4 is 0 Å². The maximum atomic E-state index is 10.6. The Morgan fingerprint density at radius 3 is 2.20 bits per heavy atom. The zero-order chi connectivity index (χ0) is 15.1. The second-order valence-electron chi connectivity index (χ2n) is 5.03. The maximum Gasteiger partial charge on any atom is 0.289 e. The van der Waals surface area contributed by atoms with Crippen LogP contribution in [0, 0.1) is 10.4 Å². The lowest BCUT2D eigenvalue weighted by molar-refractivity contribution is -0.670. The summed E-state index contributed by atoms with van der Waals surface area (Å²) in [6, 6.07) is 3.55. The van der Waals surface area contributed by atoms with Gasteiger partial charge in [-0.05, 0) is 12.0 Å². The van der Waals surface area contributed by atoms with E-state index in [-0.39, 0.29) is 0 Å². The Morgan fingerprint density at radius 2 is 1.80 bits per heavy atom. The van der Waals surface area contributed by atoms with Gasteiger partial charge in [0.2, 0.25) is 6.20 Å². The van der Waals surface area contributed by atoms with Crippen molar-refractivity contribution in [1.82, 2.24) is 10.1 Å². The SMILES string of the molecule is CC(C)c1ccc[n+]([O-])n1.CC(C)c1cnc[n+]([O-])c1. The fraction of sp³-hybridized carbons (Fsp3) is 0.429. The van der Waals surface area contributed by atoms with Gasteiger partial charge in [0, 0.05) is 22.6 Å². The number of hydrogen-bond donors (Lipinski definition) is 0. The Labute approximate surface area is 118 Å². The summed E-state index contributed by atoms with van der Waals surface area (Å²) in [5.41, 5.74) is 1.80. The van der Waals surface area contributed by atoms with Crippen LogP contribution in [0.15, 0.2) is 37.1 Å². The number of nitrogens with zero attached hydrogens (tertiary/aromatic N) is 4. The van der Waals surface area contributed by atoms with Crippen molar-refractivity contribution < 1.29 is 9.58 Å². The van der Waals surface area contributed by atoms with Gasteiger partial charge in [0.15, 0.2) is 0 Å². The van der Waals surface area contributed by atoms with Crippen LogP contribution in [0.3, 0.4) is 0 Å². The molecule has 0 amide bonds. The summed E-state index contributed by atoms with van der Waals surface area (Å²) in [5, 5.41) is 25.0. The average molecular weight is 276 g/mol. The molecule has 2 aromatic heterocycles. The van der Waals surface area contributed by atoms with Gasteiger partial charge in [0.25, 0.3) is 6.33 Å². The van der Waals surface area contributed by atoms with Crippen molar-refractivity contribution in [2.75, 3.05) is 0 Å². The fourth-order valence-electron chi connectivity index (χ4n) is 1.40. The summed E-state index contributed by atoms with van der Waals surface area (Å²) >= 11 is 0. The molecule has 108 valence electrons. The molecule has 6 heteroatoms. The molecule has 6 nitrogen and oxygen atoms in total. The molecule has 0 aliphatic rings. The predicted octanol–water partition coefficient (Wildman–Crippen LogP) is 1.68. The topological polar surface area (TPSA) is 79.7 Å². The zero-order valence-electron chi connectivity index (χ0n) is 12.2. The summed E-state index contributed by atoms with van der Waals surface area (Å²) in [6.07, 6.45) is 5.87. The fourth-order valence-corrected chi connectivity index (χ4v) is 1.40. The van der Waals surface area contributed by atoms with Crippen LogP contribution in [0.2, 0.25) is 0 Å². The monoisotopic (exact) mass is 276 g/mol. The molecular formula is C14H20N4O2. The molecule has 0 N–H and O–H groups in total. The molecule has 20 heavy (non-hydrogen) atoms. The van der Waals surface area contributed by atoms with Crippen LogP contribution < -0.4 is 9.58 Å². The van der Waals surface area contributed by atoms with Crippen LogP contribution in [0.25, 0.3) is 0 Å². The molecule has 0 spiro atoms. The lowest BCUT2D eigenvalue weighted by atomic mass is 10.1. The summed E-state index contributed by atoms with van der Waals surface area (Å²) in [6.45, 7) is 8.05. The maximum absolute atomic E-state index is 10.6. The Balaban J connectivity index is 0.000000200. The molecule has 0 atom stereocenters. The van der Waals surface area contributed by atoms with Gasteiger partial charge in [-0.1, -0.05) is 37.5 Å². The first-order chi connectivity index (χ1) is 9.40. The van der Waals surface area contributed by atoms with Crippen molar-refractivity contribution in [2.45, 2.75) is 39.5 Å². The number of hydrogen-bond acceptors (Lipinski definition) is 4. The van der Waals surface area contributed by atoms with Crippen LogP contribution in [0.4, 0.5) is 0 Å². The van der Waals surface area contributed by atoms with E-state index in [9.17, 15) is 10.4 Å². The molecule has 2 rings (SSSR count). The van der Waals surface area contributed by atoms with Crippen molar-refractivity contribution in [2.24, 2.45) is 0 Å². The van der Waals surface area contributed by atoms with Crippen LogP contribution in [-0.4, -0.2) is 10.1 Å². The molecule has 0 radical (unpaired) electrons. The molecule has 0 unspecified atom stereocenters. The zero-order valence-corrected chi connectivity index (χ0v) is 12.2. The van der Waals surface area contributed by atoms with E-state index in [4.69, 9.17) is 0 Å².